The Kier molecular flexibility index (Phi) is 5.92. The molecule has 2 N–H and O–H groups in total. The average molecular weight is 331 g/mol. The average Bonchev–Trinajstić information content (AvgIpc) is 2.98. The van der Waals surface area contributed by atoms with Gasteiger partial charge in [0.15, 0.2) is 5.82 Å². The summed E-state index contributed by atoms with van der Waals surface area (Å²) in [7, 11) is 0. The van der Waals surface area contributed by atoms with Crippen molar-refractivity contribution in [1.82, 2.24) is 19.7 Å². The molecule has 0 saturated carbocycles. The van der Waals surface area contributed by atoms with E-state index < -0.39 is 5.60 Å². The number of aryl methyl sites for hydroxylation is 2. The molecule has 130 valence electrons. The van der Waals surface area contributed by atoms with Crippen LogP contribution in [0, 0.1) is 0 Å². The van der Waals surface area contributed by atoms with Gasteiger partial charge in [0.25, 0.3) is 0 Å². The number of amides is 2. The lowest BCUT2D eigenvalue weighted by molar-refractivity contribution is 0.0501. The molecule has 7 heteroatoms. The molecule has 0 aromatic carbocycles. The van der Waals surface area contributed by atoms with Gasteiger partial charge in [0.2, 0.25) is 0 Å². The maximum Gasteiger partial charge on any atom is 0.323 e. The van der Waals surface area contributed by atoms with E-state index in [9.17, 15) is 9.90 Å². The predicted molar refractivity (Wildman–Crippen MR) is 92.7 cm³/mol. The van der Waals surface area contributed by atoms with Gasteiger partial charge < -0.3 is 10.0 Å². The molecule has 0 spiro atoms. The van der Waals surface area contributed by atoms with Crippen molar-refractivity contribution in [1.29, 1.82) is 0 Å². The summed E-state index contributed by atoms with van der Waals surface area (Å²) >= 11 is 0. The quantitative estimate of drug-likeness (QED) is 0.814. The van der Waals surface area contributed by atoms with Crippen molar-refractivity contribution in [2.24, 2.45) is 0 Å². The van der Waals surface area contributed by atoms with E-state index in [0.29, 0.717) is 12.4 Å². The highest BCUT2D eigenvalue weighted by atomic mass is 16.3. The number of pyridine rings is 1. The molecule has 0 unspecified atom stereocenters. The lowest BCUT2D eigenvalue weighted by Gasteiger charge is -2.27. The Hall–Kier alpha value is -2.41. The topological polar surface area (TPSA) is 83.3 Å². The van der Waals surface area contributed by atoms with Crippen LogP contribution in [-0.4, -0.2) is 49.5 Å². The first-order valence-electron chi connectivity index (χ1n) is 8.08. The van der Waals surface area contributed by atoms with Gasteiger partial charge >= 0.3 is 6.03 Å². The van der Waals surface area contributed by atoms with Crippen molar-refractivity contribution in [2.45, 2.75) is 39.3 Å². The number of anilines is 1. The molecule has 2 aromatic rings. The van der Waals surface area contributed by atoms with E-state index in [1.165, 1.54) is 5.56 Å². The highest BCUT2D eigenvalue weighted by Crippen LogP contribution is 2.09. The first-order valence-corrected chi connectivity index (χ1v) is 8.08. The van der Waals surface area contributed by atoms with E-state index in [4.69, 9.17) is 0 Å². The Morgan fingerprint density at radius 3 is 2.67 bits per heavy atom. The summed E-state index contributed by atoms with van der Waals surface area (Å²) in [4.78, 5) is 17.8. The maximum absolute atomic E-state index is 12.3. The summed E-state index contributed by atoms with van der Waals surface area (Å²) in [6.45, 7) is 6.73. The standard InChI is InChI=1S/C17H25N5O2/c1-4-21(13-17(2,3)24)16(23)19-15-8-12-22(20-15)11-7-14-5-9-18-10-6-14/h5-6,8-10,12,24H,4,7,11,13H2,1-3H3,(H,19,20,23). The fourth-order valence-corrected chi connectivity index (χ4v) is 2.33. The summed E-state index contributed by atoms with van der Waals surface area (Å²) in [5.41, 5.74) is 0.255. The van der Waals surface area contributed by atoms with Crippen molar-refractivity contribution >= 4 is 11.8 Å². The van der Waals surface area contributed by atoms with Crippen LogP contribution >= 0.6 is 0 Å². The molecule has 2 aromatic heterocycles. The lowest BCUT2D eigenvalue weighted by Crippen LogP contribution is -2.44. The zero-order valence-electron chi connectivity index (χ0n) is 14.4. The monoisotopic (exact) mass is 331 g/mol. The second-order valence-electron chi connectivity index (χ2n) is 6.33. The number of hydrogen-bond acceptors (Lipinski definition) is 4. The smallest absolute Gasteiger partial charge is 0.323 e. The molecule has 2 rings (SSSR count). The minimum absolute atomic E-state index is 0.262. The van der Waals surface area contributed by atoms with Gasteiger partial charge in [-0.2, -0.15) is 5.10 Å². The number of nitrogens with zero attached hydrogens (tertiary/aromatic N) is 4. The SMILES string of the molecule is CCN(CC(C)(C)O)C(=O)Nc1ccn(CCc2ccncc2)n1. The number of hydrogen-bond donors (Lipinski definition) is 2. The van der Waals surface area contributed by atoms with Gasteiger partial charge in [0.05, 0.1) is 12.1 Å². The fourth-order valence-electron chi connectivity index (χ4n) is 2.33. The van der Waals surface area contributed by atoms with Crippen LogP contribution in [-0.2, 0) is 13.0 Å². The van der Waals surface area contributed by atoms with Gasteiger partial charge in [-0.15, -0.1) is 0 Å². The molecular formula is C17H25N5O2. The van der Waals surface area contributed by atoms with E-state index in [0.717, 1.165) is 13.0 Å². The molecule has 24 heavy (non-hydrogen) atoms. The Balaban J connectivity index is 1.89. The Labute approximate surface area is 142 Å². The molecule has 0 atom stereocenters. The normalized spacial score (nSPS) is 11.3. The Bertz CT molecular complexity index is 649. The first-order chi connectivity index (χ1) is 11.4. The molecule has 0 aliphatic heterocycles. The number of urea groups is 1. The van der Waals surface area contributed by atoms with Crippen LogP contribution in [0.5, 0.6) is 0 Å². The lowest BCUT2D eigenvalue weighted by atomic mass is 10.1. The summed E-state index contributed by atoms with van der Waals surface area (Å²) in [5.74, 6) is 0.504. The van der Waals surface area contributed by atoms with Crippen molar-refractivity contribution in [3.63, 3.8) is 0 Å². The van der Waals surface area contributed by atoms with Crippen molar-refractivity contribution in [3.8, 4) is 0 Å². The van der Waals surface area contributed by atoms with E-state index in [2.05, 4.69) is 15.4 Å². The minimum Gasteiger partial charge on any atom is -0.389 e. The summed E-state index contributed by atoms with van der Waals surface area (Å²) in [6, 6.07) is 5.45. The molecule has 2 heterocycles. The molecule has 0 radical (unpaired) electrons. The van der Waals surface area contributed by atoms with E-state index in [1.54, 1.807) is 41.9 Å². The van der Waals surface area contributed by atoms with E-state index in [-0.39, 0.29) is 12.6 Å². The van der Waals surface area contributed by atoms with Gasteiger partial charge in [-0.05, 0) is 44.9 Å². The van der Waals surface area contributed by atoms with E-state index in [1.807, 2.05) is 25.3 Å². The zero-order valence-corrected chi connectivity index (χ0v) is 14.4. The number of rotatable bonds is 7. The molecule has 2 amide bonds. The minimum atomic E-state index is -0.933. The Morgan fingerprint density at radius 1 is 1.33 bits per heavy atom. The number of nitrogens with one attached hydrogen (secondary N) is 1. The first kappa shape index (κ1) is 17.9. The van der Waals surface area contributed by atoms with Crippen molar-refractivity contribution in [3.05, 3.63) is 42.4 Å². The molecule has 0 saturated heterocycles. The van der Waals surface area contributed by atoms with Crippen LogP contribution < -0.4 is 5.32 Å². The summed E-state index contributed by atoms with van der Waals surface area (Å²) < 4.78 is 1.79. The van der Waals surface area contributed by atoms with Crippen LogP contribution in [0.25, 0.3) is 0 Å². The number of carbonyl (C=O) groups excluding carboxylic acids is 1. The van der Waals surface area contributed by atoms with Gasteiger partial charge in [-0.1, -0.05) is 0 Å². The van der Waals surface area contributed by atoms with Gasteiger partial charge in [-0.3, -0.25) is 15.0 Å². The highest BCUT2D eigenvalue weighted by molar-refractivity contribution is 5.88. The molecule has 0 aliphatic rings. The number of aromatic nitrogens is 3. The third kappa shape index (κ3) is 5.66. The van der Waals surface area contributed by atoms with Crippen LogP contribution in [0.1, 0.15) is 26.3 Å². The largest absolute Gasteiger partial charge is 0.389 e. The summed E-state index contributed by atoms with van der Waals surface area (Å²) in [6.07, 6.45) is 6.22. The number of aliphatic hydroxyl groups is 1. The molecular weight excluding hydrogens is 306 g/mol. The van der Waals surface area contributed by atoms with Crippen molar-refractivity contribution < 1.29 is 9.90 Å². The number of likely N-dealkylation sites (N-methyl/N-ethyl adjacent to an activating group) is 1. The summed E-state index contributed by atoms with van der Waals surface area (Å²) in [5, 5.41) is 17.0. The number of carbonyl (C=O) groups is 1. The third-order valence-electron chi connectivity index (χ3n) is 3.50. The van der Waals surface area contributed by atoms with Crippen LogP contribution in [0.3, 0.4) is 0 Å². The zero-order chi connectivity index (χ0) is 17.6. The van der Waals surface area contributed by atoms with Gasteiger partial charge in [0, 0.05) is 37.7 Å². The highest BCUT2D eigenvalue weighted by Gasteiger charge is 2.21. The van der Waals surface area contributed by atoms with E-state index >= 15 is 0 Å². The van der Waals surface area contributed by atoms with Crippen LogP contribution in [0.2, 0.25) is 0 Å². The molecule has 0 fully saturated rings. The van der Waals surface area contributed by atoms with Crippen LogP contribution in [0.15, 0.2) is 36.8 Å². The van der Waals surface area contributed by atoms with Crippen molar-refractivity contribution in [2.75, 3.05) is 18.4 Å². The fraction of sp³-hybridized carbons (Fsp3) is 0.471. The van der Waals surface area contributed by atoms with Gasteiger partial charge in [0.1, 0.15) is 0 Å². The maximum atomic E-state index is 12.3. The molecule has 0 bridgehead atoms. The van der Waals surface area contributed by atoms with Gasteiger partial charge in [-0.25, -0.2) is 4.79 Å². The second kappa shape index (κ2) is 7.92. The third-order valence-corrected chi connectivity index (χ3v) is 3.50. The predicted octanol–water partition coefficient (Wildman–Crippen LogP) is 2.15. The Morgan fingerprint density at radius 2 is 2.04 bits per heavy atom. The van der Waals surface area contributed by atoms with Crippen LogP contribution in [0.4, 0.5) is 10.6 Å². The second-order valence-corrected chi connectivity index (χ2v) is 6.33. The molecule has 7 nitrogen and oxygen atoms in total. The molecule has 0 aliphatic carbocycles.